The fraction of sp³-hybridized carbons (Fsp3) is 0.333. The molecule has 0 bridgehead atoms. The average Bonchev–Trinajstić information content (AvgIpc) is 2.35. The number of anilines is 1. The van der Waals surface area contributed by atoms with Gasteiger partial charge in [-0.2, -0.15) is 0 Å². The summed E-state index contributed by atoms with van der Waals surface area (Å²) >= 11 is 0. The Morgan fingerprint density at radius 3 is 3.00 bits per heavy atom. The molecule has 2 heteroatoms. The average molecular weight is 149 g/mol. The molecule has 2 nitrogen and oxygen atoms in total. The van der Waals surface area contributed by atoms with Crippen molar-refractivity contribution in [2.45, 2.75) is 6.42 Å². The highest BCUT2D eigenvalue weighted by Crippen LogP contribution is 2.32. The van der Waals surface area contributed by atoms with Crippen LogP contribution in [0.1, 0.15) is 5.56 Å². The van der Waals surface area contributed by atoms with Crippen LogP contribution >= 0.6 is 0 Å². The van der Waals surface area contributed by atoms with Crippen molar-refractivity contribution in [3.8, 4) is 5.75 Å². The zero-order valence-electron chi connectivity index (χ0n) is 6.54. The SMILES string of the molecule is CN1CCc2c(O)cccc21. The first-order valence-corrected chi connectivity index (χ1v) is 3.81. The van der Waals surface area contributed by atoms with Gasteiger partial charge in [0.1, 0.15) is 5.75 Å². The van der Waals surface area contributed by atoms with E-state index in [1.54, 1.807) is 6.07 Å². The normalized spacial score (nSPS) is 15.2. The van der Waals surface area contributed by atoms with E-state index in [0.29, 0.717) is 5.75 Å². The van der Waals surface area contributed by atoms with Gasteiger partial charge < -0.3 is 10.0 Å². The Kier molecular flexibility index (Phi) is 1.28. The zero-order chi connectivity index (χ0) is 7.84. The highest BCUT2D eigenvalue weighted by Gasteiger charge is 2.17. The number of fused-ring (bicyclic) bond motifs is 1. The Morgan fingerprint density at radius 2 is 2.27 bits per heavy atom. The van der Waals surface area contributed by atoms with Gasteiger partial charge in [-0.15, -0.1) is 0 Å². The van der Waals surface area contributed by atoms with Gasteiger partial charge in [-0.05, 0) is 18.6 Å². The van der Waals surface area contributed by atoms with E-state index >= 15 is 0 Å². The number of aromatic hydroxyl groups is 1. The van der Waals surface area contributed by atoms with Crippen LogP contribution in [0.25, 0.3) is 0 Å². The summed E-state index contributed by atoms with van der Waals surface area (Å²) in [6.07, 6.45) is 0.971. The van der Waals surface area contributed by atoms with E-state index in [9.17, 15) is 5.11 Å². The third kappa shape index (κ3) is 0.862. The minimum absolute atomic E-state index is 0.437. The van der Waals surface area contributed by atoms with Crippen molar-refractivity contribution in [2.75, 3.05) is 18.5 Å². The van der Waals surface area contributed by atoms with Crippen LogP contribution in [0.5, 0.6) is 5.75 Å². The summed E-state index contributed by atoms with van der Waals surface area (Å²) in [7, 11) is 2.05. The molecule has 1 N–H and O–H groups in total. The Balaban J connectivity index is 2.57. The van der Waals surface area contributed by atoms with Crippen molar-refractivity contribution in [2.24, 2.45) is 0 Å². The molecule has 0 amide bonds. The molecule has 0 radical (unpaired) electrons. The van der Waals surface area contributed by atoms with Crippen LogP contribution < -0.4 is 4.90 Å². The summed E-state index contributed by atoms with van der Waals surface area (Å²) in [5, 5.41) is 9.42. The number of hydrogen-bond acceptors (Lipinski definition) is 2. The summed E-state index contributed by atoms with van der Waals surface area (Å²) in [6, 6.07) is 5.68. The van der Waals surface area contributed by atoms with Gasteiger partial charge in [0.25, 0.3) is 0 Å². The van der Waals surface area contributed by atoms with Crippen molar-refractivity contribution in [1.82, 2.24) is 0 Å². The van der Waals surface area contributed by atoms with Crippen molar-refractivity contribution in [1.29, 1.82) is 0 Å². The van der Waals surface area contributed by atoms with Crippen molar-refractivity contribution in [3.05, 3.63) is 23.8 Å². The molecule has 0 saturated carbocycles. The molecule has 0 unspecified atom stereocenters. The minimum atomic E-state index is 0.437. The second-order valence-electron chi connectivity index (χ2n) is 2.95. The summed E-state index contributed by atoms with van der Waals surface area (Å²) in [5.74, 6) is 0.437. The van der Waals surface area contributed by atoms with E-state index in [4.69, 9.17) is 0 Å². The molecule has 0 spiro atoms. The molecule has 0 aromatic heterocycles. The highest BCUT2D eigenvalue weighted by atomic mass is 16.3. The fourth-order valence-corrected chi connectivity index (χ4v) is 1.58. The van der Waals surface area contributed by atoms with Gasteiger partial charge >= 0.3 is 0 Å². The molecule has 1 aliphatic heterocycles. The molecule has 0 atom stereocenters. The van der Waals surface area contributed by atoms with Crippen LogP contribution in [-0.2, 0) is 6.42 Å². The number of rotatable bonds is 0. The molecule has 58 valence electrons. The predicted molar refractivity (Wildman–Crippen MR) is 45.1 cm³/mol. The molecule has 1 heterocycles. The smallest absolute Gasteiger partial charge is 0.120 e. The van der Waals surface area contributed by atoms with Crippen LogP contribution in [0.3, 0.4) is 0 Å². The standard InChI is InChI=1S/C9H11NO/c1-10-6-5-7-8(10)3-2-4-9(7)11/h2-4,11H,5-6H2,1H3. The number of hydrogen-bond donors (Lipinski definition) is 1. The minimum Gasteiger partial charge on any atom is -0.508 e. The van der Waals surface area contributed by atoms with E-state index in [2.05, 4.69) is 4.90 Å². The molecule has 2 rings (SSSR count). The monoisotopic (exact) mass is 149 g/mol. The number of phenolic OH excluding ortho intramolecular Hbond substituents is 1. The Morgan fingerprint density at radius 1 is 1.45 bits per heavy atom. The summed E-state index contributed by atoms with van der Waals surface area (Å²) in [6.45, 7) is 1.02. The first-order valence-electron chi connectivity index (χ1n) is 3.81. The Bertz CT molecular complexity index is 283. The molecular formula is C9H11NO. The lowest BCUT2D eigenvalue weighted by Crippen LogP contribution is -2.12. The molecule has 0 aliphatic carbocycles. The van der Waals surface area contributed by atoms with Gasteiger partial charge in [0.2, 0.25) is 0 Å². The van der Waals surface area contributed by atoms with Gasteiger partial charge in [0.15, 0.2) is 0 Å². The van der Waals surface area contributed by atoms with Crippen LogP contribution in [0.2, 0.25) is 0 Å². The van der Waals surface area contributed by atoms with Crippen molar-refractivity contribution >= 4 is 5.69 Å². The van der Waals surface area contributed by atoms with E-state index in [-0.39, 0.29) is 0 Å². The molecule has 1 aromatic rings. The Labute approximate surface area is 66.1 Å². The molecular weight excluding hydrogens is 138 g/mol. The molecule has 1 aromatic carbocycles. The van der Waals surface area contributed by atoms with Crippen LogP contribution in [-0.4, -0.2) is 18.7 Å². The maximum absolute atomic E-state index is 9.42. The lowest BCUT2D eigenvalue weighted by atomic mass is 10.1. The predicted octanol–water partition coefficient (Wildman–Crippen LogP) is 1.38. The maximum Gasteiger partial charge on any atom is 0.120 e. The van der Waals surface area contributed by atoms with Gasteiger partial charge in [-0.1, -0.05) is 6.07 Å². The van der Waals surface area contributed by atoms with Crippen LogP contribution in [0.4, 0.5) is 5.69 Å². The Hall–Kier alpha value is -1.18. The topological polar surface area (TPSA) is 23.5 Å². The van der Waals surface area contributed by atoms with Crippen LogP contribution in [0, 0.1) is 0 Å². The highest BCUT2D eigenvalue weighted by molar-refractivity contribution is 5.62. The van der Waals surface area contributed by atoms with E-state index < -0.39 is 0 Å². The fourth-order valence-electron chi connectivity index (χ4n) is 1.58. The second-order valence-corrected chi connectivity index (χ2v) is 2.95. The molecule has 0 fully saturated rings. The largest absolute Gasteiger partial charge is 0.508 e. The van der Waals surface area contributed by atoms with Gasteiger partial charge in [0, 0.05) is 24.8 Å². The molecule has 0 saturated heterocycles. The molecule has 11 heavy (non-hydrogen) atoms. The third-order valence-electron chi connectivity index (χ3n) is 2.24. The second kappa shape index (κ2) is 2.16. The lowest BCUT2D eigenvalue weighted by Gasteiger charge is -2.10. The van der Waals surface area contributed by atoms with Crippen molar-refractivity contribution < 1.29 is 5.11 Å². The summed E-state index contributed by atoms with van der Waals surface area (Å²) in [5.41, 5.74) is 2.26. The maximum atomic E-state index is 9.42. The van der Waals surface area contributed by atoms with E-state index in [1.807, 2.05) is 19.2 Å². The first kappa shape index (κ1) is 6.53. The number of nitrogens with zero attached hydrogens (tertiary/aromatic N) is 1. The molecule has 1 aliphatic rings. The van der Waals surface area contributed by atoms with E-state index in [0.717, 1.165) is 18.5 Å². The van der Waals surface area contributed by atoms with Crippen LogP contribution in [0.15, 0.2) is 18.2 Å². The summed E-state index contributed by atoms with van der Waals surface area (Å²) < 4.78 is 0. The summed E-state index contributed by atoms with van der Waals surface area (Å²) in [4.78, 5) is 2.16. The third-order valence-corrected chi connectivity index (χ3v) is 2.24. The number of benzene rings is 1. The van der Waals surface area contributed by atoms with Gasteiger partial charge in [0.05, 0.1) is 0 Å². The zero-order valence-corrected chi connectivity index (χ0v) is 6.54. The number of likely N-dealkylation sites (N-methyl/N-ethyl adjacent to an activating group) is 1. The van der Waals surface area contributed by atoms with Gasteiger partial charge in [-0.3, -0.25) is 0 Å². The lowest BCUT2D eigenvalue weighted by molar-refractivity contribution is 0.470. The number of phenols is 1. The quantitative estimate of drug-likeness (QED) is 0.602. The first-order chi connectivity index (χ1) is 5.29. The van der Waals surface area contributed by atoms with Gasteiger partial charge in [-0.25, -0.2) is 0 Å². The van der Waals surface area contributed by atoms with Crippen molar-refractivity contribution in [3.63, 3.8) is 0 Å². The van der Waals surface area contributed by atoms with E-state index in [1.165, 1.54) is 5.69 Å².